The molecule has 0 atom stereocenters. The van der Waals surface area contributed by atoms with Gasteiger partial charge in [0.05, 0.1) is 11.8 Å². The number of nitrogens with two attached hydrogens (primary N) is 1. The van der Waals surface area contributed by atoms with Crippen LogP contribution in [0.4, 0.5) is 0 Å². The van der Waals surface area contributed by atoms with Crippen LogP contribution in [0.1, 0.15) is 44.9 Å². The molecule has 0 amide bonds. The van der Waals surface area contributed by atoms with Crippen LogP contribution in [0.3, 0.4) is 0 Å². The van der Waals surface area contributed by atoms with E-state index in [1.807, 2.05) is 12.3 Å². The molecule has 0 aliphatic heterocycles. The summed E-state index contributed by atoms with van der Waals surface area (Å²) in [5.41, 5.74) is 7.82. The minimum Gasteiger partial charge on any atom is -0.488 e. The molecule has 2 N–H and O–H groups in total. The maximum absolute atomic E-state index is 5.96. The molecule has 1 aromatic rings. The lowest BCUT2D eigenvalue weighted by molar-refractivity contribution is 0.289. The van der Waals surface area contributed by atoms with Gasteiger partial charge in [-0.3, -0.25) is 4.98 Å². The highest BCUT2D eigenvalue weighted by Crippen LogP contribution is 2.36. The van der Waals surface area contributed by atoms with Crippen molar-refractivity contribution in [2.24, 2.45) is 5.73 Å². The Balaban J connectivity index is 2.41. The topological polar surface area (TPSA) is 48.1 Å². The molecule has 0 aromatic carbocycles. The van der Waals surface area contributed by atoms with Crippen LogP contribution in [0, 0.1) is 0 Å². The number of nitrogens with zero attached hydrogens (tertiary/aromatic N) is 1. The van der Waals surface area contributed by atoms with E-state index < -0.39 is 0 Å². The second kappa shape index (κ2) is 4.06. The molecule has 3 heteroatoms. The Morgan fingerprint density at radius 2 is 2.12 bits per heavy atom. The van der Waals surface area contributed by atoms with Crippen LogP contribution in [0.5, 0.6) is 5.75 Å². The van der Waals surface area contributed by atoms with E-state index in [0.717, 1.165) is 29.8 Å². The van der Waals surface area contributed by atoms with E-state index >= 15 is 0 Å². The first kappa shape index (κ1) is 11.4. The predicted octanol–water partition coefficient (Wildman–Crippen LogP) is 2.38. The summed E-state index contributed by atoms with van der Waals surface area (Å²) in [6.07, 6.45) is 4.52. The fourth-order valence-electron chi connectivity index (χ4n) is 1.67. The molecule has 1 aromatic heterocycles. The van der Waals surface area contributed by atoms with Crippen LogP contribution in [0.2, 0.25) is 0 Å². The molecule has 1 saturated carbocycles. The number of ether oxygens (including phenoxy) is 1. The molecular formula is C13H20N2O. The zero-order valence-electron chi connectivity index (χ0n) is 10.3. The molecule has 3 nitrogen and oxygen atoms in total. The van der Waals surface area contributed by atoms with Crippen LogP contribution in [0.15, 0.2) is 12.3 Å². The summed E-state index contributed by atoms with van der Waals surface area (Å²) in [4.78, 5) is 4.46. The smallest absolute Gasteiger partial charge is 0.146 e. The summed E-state index contributed by atoms with van der Waals surface area (Å²) in [5.74, 6) is 0.917. The lowest BCUT2D eigenvalue weighted by Gasteiger charge is -2.23. The van der Waals surface area contributed by atoms with Crippen molar-refractivity contribution < 1.29 is 4.74 Å². The zero-order chi connectivity index (χ0) is 11.8. The molecule has 1 aliphatic carbocycles. The van der Waals surface area contributed by atoms with E-state index in [1.54, 1.807) is 0 Å². The fourth-order valence-corrected chi connectivity index (χ4v) is 1.67. The van der Waals surface area contributed by atoms with Crippen molar-refractivity contribution in [2.75, 3.05) is 0 Å². The summed E-state index contributed by atoms with van der Waals surface area (Å²) in [6, 6.07) is 1.95. The van der Waals surface area contributed by atoms with Gasteiger partial charge in [-0.05, 0) is 18.9 Å². The highest BCUT2D eigenvalue weighted by Gasteiger charge is 2.29. The van der Waals surface area contributed by atoms with Crippen LogP contribution in [-0.2, 0) is 12.0 Å². The monoisotopic (exact) mass is 220 g/mol. The van der Waals surface area contributed by atoms with Gasteiger partial charge in [-0.1, -0.05) is 20.8 Å². The van der Waals surface area contributed by atoms with Gasteiger partial charge in [0.1, 0.15) is 5.75 Å². The SMILES string of the molecule is CC(C)(C)c1nccc(CN)c1OC1CC1. The van der Waals surface area contributed by atoms with E-state index in [4.69, 9.17) is 10.5 Å². The zero-order valence-corrected chi connectivity index (χ0v) is 10.3. The molecule has 16 heavy (non-hydrogen) atoms. The van der Waals surface area contributed by atoms with Crippen LogP contribution >= 0.6 is 0 Å². The second-order valence-electron chi connectivity index (χ2n) is 5.42. The minimum absolute atomic E-state index is 0.00456. The Morgan fingerprint density at radius 1 is 1.44 bits per heavy atom. The van der Waals surface area contributed by atoms with Crippen molar-refractivity contribution in [3.8, 4) is 5.75 Å². The number of rotatable bonds is 3. The molecule has 1 heterocycles. The average molecular weight is 220 g/mol. The third-order valence-electron chi connectivity index (χ3n) is 2.73. The van der Waals surface area contributed by atoms with Crippen molar-refractivity contribution in [3.63, 3.8) is 0 Å². The third-order valence-corrected chi connectivity index (χ3v) is 2.73. The average Bonchev–Trinajstić information content (AvgIpc) is 3.00. The minimum atomic E-state index is -0.00456. The first-order chi connectivity index (χ1) is 7.52. The van der Waals surface area contributed by atoms with Crippen molar-refractivity contribution >= 4 is 0 Å². The Bertz CT molecular complexity index is 378. The van der Waals surface area contributed by atoms with Gasteiger partial charge in [0, 0.05) is 23.7 Å². The lowest BCUT2D eigenvalue weighted by atomic mass is 9.90. The molecule has 88 valence electrons. The predicted molar refractivity (Wildman–Crippen MR) is 64.5 cm³/mol. The summed E-state index contributed by atoms with van der Waals surface area (Å²) in [7, 11) is 0. The number of aromatic nitrogens is 1. The van der Waals surface area contributed by atoms with Crippen molar-refractivity contribution in [3.05, 3.63) is 23.5 Å². The second-order valence-corrected chi connectivity index (χ2v) is 5.42. The summed E-state index contributed by atoms with van der Waals surface area (Å²) in [5, 5.41) is 0. The van der Waals surface area contributed by atoms with E-state index in [-0.39, 0.29) is 5.41 Å². The van der Waals surface area contributed by atoms with Gasteiger partial charge in [0.2, 0.25) is 0 Å². The lowest BCUT2D eigenvalue weighted by Crippen LogP contribution is -2.18. The van der Waals surface area contributed by atoms with Crippen LogP contribution in [-0.4, -0.2) is 11.1 Å². The number of hydrogen-bond donors (Lipinski definition) is 1. The van der Waals surface area contributed by atoms with Gasteiger partial charge in [-0.25, -0.2) is 0 Å². The molecule has 1 fully saturated rings. The van der Waals surface area contributed by atoms with Gasteiger partial charge in [-0.2, -0.15) is 0 Å². The van der Waals surface area contributed by atoms with E-state index in [1.165, 1.54) is 0 Å². The Kier molecular flexibility index (Phi) is 2.89. The van der Waals surface area contributed by atoms with E-state index in [0.29, 0.717) is 12.6 Å². The summed E-state index contributed by atoms with van der Waals surface area (Å²) < 4.78 is 5.96. The highest BCUT2D eigenvalue weighted by molar-refractivity contribution is 5.40. The van der Waals surface area contributed by atoms with Crippen molar-refractivity contribution in [1.29, 1.82) is 0 Å². The Morgan fingerprint density at radius 3 is 2.62 bits per heavy atom. The Hall–Kier alpha value is -1.09. The maximum Gasteiger partial charge on any atom is 0.146 e. The third kappa shape index (κ3) is 2.35. The Labute approximate surface area is 97.0 Å². The standard InChI is InChI=1S/C13H20N2O/c1-13(2,3)12-11(16-10-4-5-10)9(8-14)6-7-15-12/h6-7,10H,4-5,8,14H2,1-3H3. The first-order valence-electron chi connectivity index (χ1n) is 5.87. The number of pyridine rings is 1. The molecule has 0 spiro atoms. The highest BCUT2D eigenvalue weighted by atomic mass is 16.5. The molecule has 2 rings (SSSR count). The molecule has 0 radical (unpaired) electrons. The number of hydrogen-bond acceptors (Lipinski definition) is 3. The van der Waals surface area contributed by atoms with Crippen molar-refractivity contribution in [2.45, 2.75) is 51.7 Å². The van der Waals surface area contributed by atoms with Gasteiger partial charge in [0.25, 0.3) is 0 Å². The van der Waals surface area contributed by atoms with Crippen molar-refractivity contribution in [1.82, 2.24) is 4.98 Å². The molecular weight excluding hydrogens is 200 g/mol. The summed E-state index contributed by atoms with van der Waals surface area (Å²) in [6.45, 7) is 6.95. The summed E-state index contributed by atoms with van der Waals surface area (Å²) >= 11 is 0. The van der Waals surface area contributed by atoms with Gasteiger partial charge >= 0.3 is 0 Å². The molecule has 1 aliphatic rings. The van der Waals surface area contributed by atoms with Crippen LogP contribution < -0.4 is 10.5 Å². The quantitative estimate of drug-likeness (QED) is 0.850. The first-order valence-corrected chi connectivity index (χ1v) is 5.87. The largest absolute Gasteiger partial charge is 0.488 e. The fraction of sp³-hybridized carbons (Fsp3) is 0.615. The van der Waals surface area contributed by atoms with Gasteiger partial charge < -0.3 is 10.5 Å². The molecule has 0 bridgehead atoms. The van der Waals surface area contributed by atoms with E-state index in [2.05, 4.69) is 25.8 Å². The molecule has 0 saturated heterocycles. The van der Waals surface area contributed by atoms with Gasteiger partial charge in [0.15, 0.2) is 0 Å². The van der Waals surface area contributed by atoms with Gasteiger partial charge in [-0.15, -0.1) is 0 Å². The van der Waals surface area contributed by atoms with E-state index in [9.17, 15) is 0 Å². The normalized spacial score (nSPS) is 16.2. The van der Waals surface area contributed by atoms with Crippen LogP contribution in [0.25, 0.3) is 0 Å². The molecule has 0 unspecified atom stereocenters. The maximum atomic E-state index is 5.96.